The van der Waals surface area contributed by atoms with E-state index in [4.69, 9.17) is 32.7 Å². The molecule has 0 unspecified atom stereocenters. The fourth-order valence-corrected chi connectivity index (χ4v) is 3.51. The Hall–Kier alpha value is -3.08. The number of hydrogen-bond donors (Lipinski definition) is 1. The number of rotatable bonds is 4. The molecule has 0 radical (unpaired) electrons. The molecular formula is C22H17BrCl2N4O5. The summed E-state index contributed by atoms with van der Waals surface area (Å²) in [4.78, 5) is 50.1. The van der Waals surface area contributed by atoms with E-state index in [2.05, 4.69) is 35.9 Å². The Kier molecular flexibility index (Phi) is 8.54. The van der Waals surface area contributed by atoms with Crippen LogP contribution in [0.5, 0.6) is 0 Å². The van der Waals surface area contributed by atoms with Crippen LogP contribution in [0, 0.1) is 0 Å². The predicted molar refractivity (Wildman–Crippen MR) is 132 cm³/mol. The second-order valence-electron chi connectivity index (χ2n) is 6.49. The third-order valence-corrected chi connectivity index (χ3v) is 5.34. The van der Waals surface area contributed by atoms with E-state index in [1.165, 1.54) is 12.4 Å². The van der Waals surface area contributed by atoms with Gasteiger partial charge in [0, 0.05) is 12.4 Å². The molecule has 0 atom stereocenters. The van der Waals surface area contributed by atoms with Crippen LogP contribution < -0.4 is 5.43 Å². The molecule has 4 aromatic rings. The highest BCUT2D eigenvalue weighted by atomic mass is 79.9. The fraction of sp³-hybridized carbons (Fsp3) is 0.182. The van der Waals surface area contributed by atoms with Crippen molar-refractivity contribution in [3.63, 3.8) is 0 Å². The molecular weight excluding hydrogens is 551 g/mol. The normalized spacial score (nSPS) is 10.5. The molecule has 34 heavy (non-hydrogen) atoms. The van der Waals surface area contributed by atoms with Crippen LogP contribution in [-0.2, 0) is 9.47 Å². The van der Waals surface area contributed by atoms with Crippen molar-refractivity contribution in [2.45, 2.75) is 13.8 Å². The average Bonchev–Trinajstić information content (AvgIpc) is 2.81. The summed E-state index contributed by atoms with van der Waals surface area (Å²) < 4.78 is 10.2. The molecule has 176 valence electrons. The molecule has 4 aromatic heterocycles. The van der Waals surface area contributed by atoms with Crippen LogP contribution in [0.3, 0.4) is 0 Å². The van der Waals surface area contributed by atoms with Gasteiger partial charge in [-0.05, 0) is 54.0 Å². The van der Waals surface area contributed by atoms with Crippen LogP contribution >= 0.6 is 39.1 Å². The van der Waals surface area contributed by atoms with Crippen molar-refractivity contribution in [1.29, 1.82) is 0 Å². The molecule has 0 aromatic carbocycles. The van der Waals surface area contributed by atoms with E-state index in [-0.39, 0.29) is 34.9 Å². The Morgan fingerprint density at radius 1 is 0.971 bits per heavy atom. The number of nitrogens with one attached hydrogen (secondary N) is 1. The number of H-pyrrole nitrogens is 1. The van der Waals surface area contributed by atoms with E-state index in [1.54, 1.807) is 38.1 Å². The van der Waals surface area contributed by atoms with Crippen LogP contribution in [0.1, 0.15) is 34.6 Å². The first kappa shape index (κ1) is 25.5. The molecule has 1 N–H and O–H groups in total. The van der Waals surface area contributed by atoms with E-state index in [0.29, 0.717) is 26.3 Å². The molecule has 4 heterocycles. The first-order valence-electron chi connectivity index (χ1n) is 9.89. The zero-order chi connectivity index (χ0) is 24.8. The summed E-state index contributed by atoms with van der Waals surface area (Å²) in [5, 5.41) is 0.498. The summed E-state index contributed by atoms with van der Waals surface area (Å²) in [7, 11) is 0. The number of halogens is 3. The van der Waals surface area contributed by atoms with Crippen LogP contribution in [-0.4, -0.2) is 45.1 Å². The Morgan fingerprint density at radius 2 is 1.65 bits per heavy atom. The van der Waals surface area contributed by atoms with Gasteiger partial charge in [-0.3, -0.25) is 9.78 Å². The second kappa shape index (κ2) is 11.4. The van der Waals surface area contributed by atoms with Gasteiger partial charge in [0.1, 0.15) is 26.4 Å². The topological polar surface area (TPSA) is 124 Å². The van der Waals surface area contributed by atoms with Gasteiger partial charge < -0.3 is 14.5 Å². The van der Waals surface area contributed by atoms with E-state index in [0.717, 1.165) is 0 Å². The van der Waals surface area contributed by atoms with Crippen molar-refractivity contribution in [3.05, 3.63) is 72.8 Å². The van der Waals surface area contributed by atoms with Crippen LogP contribution in [0.15, 0.2) is 46.1 Å². The number of aromatic nitrogens is 4. The maximum Gasteiger partial charge on any atom is 0.343 e. The molecule has 0 amide bonds. The number of carbonyl (C=O) groups is 2. The summed E-state index contributed by atoms with van der Waals surface area (Å²) >= 11 is 15.0. The van der Waals surface area contributed by atoms with Gasteiger partial charge in [0.05, 0.1) is 34.8 Å². The Balaban J connectivity index is 0.000000191. The van der Waals surface area contributed by atoms with Gasteiger partial charge >= 0.3 is 11.9 Å². The monoisotopic (exact) mass is 566 g/mol. The Labute approximate surface area is 211 Å². The Morgan fingerprint density at radius 3 is 2.32 bits per heavy atom. The van der Waals surface area contributed by atoms with Gasteiger partial charge in [-0.25, -0.2) is 19.6 Å². The number of fused-ring (bicyclic) bond motifs is 2. The SMILES string of the molecule is CCOC(=O)c1c[nH]c2ccc(Br)nc2c1=O.CCOC(=O)c1cnc2ccc(Cl)nc2c1Cl. The highest BCUT2D eigenvalue weighted by Gasteiger charge is 2.16. The smallest absolute Gasteiger partial charge is 0.343 e. The third-order valence-electron chi connectivity index (χ3n) is 4.30. The van der Waals surface area contributed by atoms with Crippen LogP contribution in [0.4, 0.5) is 0 Å². The fourth-order valence-electron chi connectivity index (χ4n) is 2.79. The zero-order valence-electron chi connectivity index (χ0n) is 17.9. The Bertz CT molecular complexity index is 1440. The van der Waals surface area contributed by atoms with Gasteiger partial charge in [-0.1, -0.05) is 23.2 Å². The summed E-state index contributed by atoms with van der Waals surface area (Å²) in [6, 6.07) is 6.72. The quantitative estimate of drug-likeness (QED) is 0.270. The molecule has 0 bridgehead atoms. The predicted octanol–water partition coefficient (Wildman–Crippen LogP) is 4.98. The van der Waals surface area contributed by atoms with Crippen molar-refractivity contribution in [1.82, 2.24) is 19.9 Å². The van der Waals surface area contributed by atoms with E-state index in [9.17, 15) is 14.4 Å². The number of nitrogens with zero attached hydrogens (tertiary/aromatic N) is 3. The highest BCUT2D eigenvalue weighted by molar-refractivity contribution is 9.10. The number of pyridine rings is 4. The molecule has 4 rings (SSSR count). The summed E-state index contributed by atoms with van der Waals surface area (Å²) in [5.41, 5.74) is 1.48. The van der Waals surface area contributed by atoms with Crippen molar-refractivity contribution in [2.24, 2.45) is 0 Å². The number of hydrogen-bond acceptors (Lipinski definition) is 8. The molecule has 0 spiro atoms. The lowest BCUT2D eigenvalue weighted by Gasteiger charge is -2.05. The van der Waals surface area contributed by atoms with E-state index < -0.39 is 17.4 Å². The molecule has 0 saturated heterocycles. The van der Waals surface area contributed by atoms with E-state index >= 15 is 0 Å². The first-order valence-corrected chi connectivity index (χ1v) is 11.4. The van der Waals surface area contributed by atoms with Crippen molar-refractivity contribution < 1.29 is 19.1 Å². The molecule has 0 saturated carbocycles. The third kappa shape index (κ3) is 5.69. The minimum Gasteiger partial charge on any atom is -0.462 e. The van der Waals surface area contributed by atoms with Crippen molar-refractivity contribution in [3.8, 4) is 0 Å². The second-order valence-corrected chi connectivity index (χ2v) is 8.07. The number of aromatic amines is 1. The molecule has 0 aliphatic carbocycles. The molecule has 9 nitrogen and oxygen atoms in total. The van der Waals surface area contributed by atoms with Crippen LogP contribution in [0.25, 0.3) is 22.1 Å². The summed E-state index contributed by atoms with van der Waals surface area (Å²) in [6.07, 6.45) is 2.72. The number of carbonyl (C=O) groups excluding carboxylic acids is 2. The van der Waals surface area contributed by atoms with E-state index in [1.807, 2.05) is 0 Å². The summed E-state index contributed by atoms with van der Waals surface area (Å²) in [5.74, 6) is -1.16. The lowest BCUT2D eigenvalue weighted by atomic mass is 10.2. The van der Waals surface area contributed by atoms with Gasteiger partial charge in [-0.2, -0.15) is 0 Å². The van der Waals surface area contributed by atoms with Gasteiger partial charge in [0.15, 0.2) is 0 Å². The molecule has 12 heteroatoms. The molecule has 0 aliphatic heterocycles. The lowest BCUT2D eigenvalue weighted by Crippen LogP contribution is -2.18. The number of ether oxygens (including phenoxy) is 2. The maximum absolute atomic E-state index is 12.0. The average molecular weight is 568 g/mol. The molecule has 0 aliphatic rings. The van der Waals surface area contributed by atoms with Gasteiger partial charge in [0.25, 0.3) is 0 Å². The zero-order valence-corrected chi connectivity index (χ0v) is 21.0. The van der Waals surface area contributed by atoms with Gasteiger partial charge in [-0.15, -0.1) is 0 Å². The summed E-state index contributed by atoms with van der Waals surface area (Å²) in [6.45, 7) is 3.90. The van der Waals surface area contributed by atoms with Crippen molar-refractivity contribution in [2.75, 3.05) is 13.2 Å². The molecule has 0 fully saturated rings. The minimum absolute atomic E-state index is 0.0371. The highest BCUT2D eigenvalue weighted by Crippen LogP contribution is 2.25. The van der Waals surface area contributed by atoms with Crippen LogP contribution in [0.2, 0.25) is 10.2 Å². The first-order chi connectivity index (χ1) is 16.3. The minimum atomic E-state index is -0.641. The standard InChI is InChI=1S/C11H9BrN2O3.C11H8Cl2N2O2/c1-2-17-11(16)6-5-13-7-3-4-8(12)14-9(7)10(6)15;1-2-17-11(16)6-5-14-7-3-4-8(12)15-10(7)9(6)13/h3-5H,2H2,1H3,(H,13,15);3-5H,2H2,1H3. The van der Waals surface area contributed by atoms with Crippen molar-refractivity contribution >= 4 is 73.1 Å². The van der Waals surface area contributed by atoms with Gasteiger partial charge in [0.2, 0.25) is 5.43 Å². The number of esters is 2. The maximum atomic E-state index is 12.0. The largest absolute Gasteiger partial charge is 0.462 e. The lowest BCUT2D eigenvalue weighted by molar-refractivity contribution is 0.0515.